The van der Waals surface area contributed by atoms with Gasteiger partial charge in [0.05, 0.1) is 7.11 Å². The van der Waals surface area contributed by atoms with Gasteiger partial charge in [-0.3, -0.25) is 0 Å². The summed E-state index contributed by atoms with van der Waals surface area (Å²) in [4.78, 5) is 3.94. The highest BCUT2D eigenvalue weighted by molar-refractivity contribution is 6.29. The Morgan fingerprint density at radius 3 is 3.05 bits per heavy atom. The summed E-state index contributed by atoms with van der Waals surface area (Å²) < 4.78 is 16.1. The van der Waals surface area contributed by atoms with Crippen LogP contribution in [0.5, 0.6) is 17.2 Å². The highest BCUT2D eigenvalue weighted by Crippen LogP contribution is 2.41. The molecule has 0 unspecified atom stereocenters. The van der Waals surface area contributed by atoms with Gasteiger partial charge in [-0.2, -0.15) is 0 Å². The first-order chi connectivity index (χ1) is 9.76. The van der Waals surface area contributed by atoms with Crippen LogP contribution in [0.1, 0.15) is 5.56 Å². The molecule has 0 bridgehead atoms. The molecule has 0 saturated carbocycles. The van der Waals surface area contributed by atoms with Crippen molar-refractivity contribution in [3.8, 4) is 17.2 Å². The molecule has 1 N–H and O–H groups in total. The van der Waals surface area contributed by atoms with Crippen LogP contribution < -0.4 is 19.5 Å². The smallest absolute Gasteiger partial charge is 0.231 e. The zero-order chi connectivity index (χ0) is 13.9. The molecular weight excluding hydrogens is 280 g/mol. The number of hydrogen-bond donors (Lipinski definition) is 1. The summed E-state index contributed by atoms with van der Waals surface area (Å²) >= 11 is 5.84. The summed E-state index contributed by atoms with van der Waals surface area (Å²) in [5.74, 6) is 2.03. The Morgan fingerprint density at radius 1 is 1.35 bits per heavy atom. The van der Waals surface area contributed by atoms with E-state index in [2.05, 4.69) is 10.3 Å². The highest BCUT2D eigenvalue weighted by atomic mass is 35.5. The van der Waals surface area contributed by atoms with Crippen molar-refractivity contribution < 1.29 is 14.2 Å². The molecule has 0 fully saturated rings. The Labute approximate surface area is 121 Å². The molecule has 0 radical (unpaired) electrons. The number of halogens is 1. The van der Waals surface area contributed by atoms with Crippen molar-refractivity contribution in [1.82, 2.24) is 4.98 Å². The Balaban J connectivity index is 1.78. The van der Waals surface area contributed by atoms with E-state index in [4.69, 9.17) is 25.8 Å². The topological polar surface area (TPSA) is 52.6 Å². The van der Waals surface area contributed by atoms with Crippen LogP contribution in [0.15, 0.2) is 30.5 Å². The molecule has 20 heavy (non-hydrogen) atoms. The summed E-state index contributed by atoms with van der Waals surface area (Å²) in [5.41, 5.74) is 1.93. The quantitative estimate of drug-likeness (QED) is 0.878. The molecule has 1 aromatic carbocycles. The molecule has 3 rings (SSSR count). The summed E-state index contributed by atoms with van der Waals surface area (Å²) in [6, 6.07) is 7.48. The number of anilines is 1. The second-order valence-electron chi connectivity index (χ2n) is 4.25. The predicted molar refractivity (Wildman–Crippen MR) is 75.7 cm³/mol. The van der Waals surface area contributed by atoms with Gasteiger partial charge in [-0.1, -0.05) is 11.6 Å². The van der Waals surface area contributed by atoms with Gasteiger partial charge in [0.2, 0.25) is 12.5 Å². The third kappa shape index (κ3) is 2.58. The number of rotatable bonds is 4. The van der Waals surface area contributed by atoms with Gasteiger partial charge in [-0.05, 0) is 29.8 Å². The van der Waals surface area contributed by atoms with E-state index in [9.17, 15) is 0 Å². The van der Waals surface area contributed by atoms with Gasteiger partial charge in [-0.25, -0.2) is 4.98 Å². The second-order valence-corrected chi connectivity index (χ2v) is 4.64. The largest absolute Gasteiger partial charge is 0.493 e. The van der Waals surface area contributed by atoms with Crippen molar-refractivity contribution in [2.45, 2.75) is 6.54 Å². The zero-order valence-electron chi connectivity index (χ0n) is 10.9. The SMILES string of the molecule is COc1cc(CNc2ccnc(Cl)c2)cc2c1OCO2. The minimum absolute atomic E-state index is 0.225. The minimum Gasteiger partial charge on any atom is -0.493 e. The molecule has 2 aromatic rings. The van der Waals surface area contributed by atoms with Crippen molar-refractivity contribution in [3.63, 3.8) is 0 Å². The Hall–Kier alpha value is -2.14. The van der Waals surface area contributed by atoms with Gasteiger partial charge in [-0.15, -0.1) is 0 Å². The van der Waals surface area contributed by atoms with Crippen LogP contribution in [0, 0.1) is 0 Å². The molecule has 1 aliphatic rings. The van der Waals surface area contributed by atoms with Crippen molar-refractivity contribution in [3.05, 3.63) is 41.2 Å². The Morgan fingerprint density at radius 2 is 2.25 bits per heavy atom. The molecule has 6 heteroatoms. The Kier molecular flexibility index (Phi) is 3.52. The summed E-state index contributed by atoms with van der Waals surface area (Å²) in [6.45, 7) is 0.843. The van der Waals surface area contributed by atoms with Gasteiger partial charge in [0, 0.05) is 18.4 Å². The van der Waals surface area contributed by atoms with Crippen molar-refractivity contribution in [1.29, 1.82) is 0 Å². The molecule has 1 aliphatic heterocycles. The second kappa shape index (κ2) is 5.46. The molecule has 104 valence electrons. The maximum absolute atomic E-state index is 5.84. The molecular formula is C14H13ClN2O3. The molecule has 0 amide bonds. The van der Waals surface area contributed by atoms with Crippen LogP contribution in [0.4, 0.5) is 5.69 Å². The summed E-state index contributed by atoms with van der Waals surface area (Å²) in [6.07, 6.45) is 1.66. The van der Waals surface area contributed by atoms with Crippen LogP contribution >= 0.6 is 11.6 Å². The predicted octanol–water partition coefficient (Wildman–Crippen LogP) is 3.08. The van der Waals surface area contributed by atoms with Crippen LogP contribution in [-0.2, 0) is 6.54 Å². The van der Waals surface area contributed by atoms with Crippen molar-refractivity contribution >= 4 is 17.3 Å². The van der Waals surface area contributed by atoms with Gasteiger partial charge in [0.25, 0.3) is 0 Å². The monoisotopic (exact) mass is 292 g/mol. The lowest BCUT2D eigenvalue weighted by atomic mass is 10.2. The first-order valence-electron chi connectivity index (χ1n) is 6.08. The van der Waals surface area contributed by atoms with Crippen LogP contribution in [0.2, 0.25) is 5.15 Å². The number of nitrogens with zero attached hydrogens (tertiary/aromatic N) is 1. The number of ether oxygens (including phenoxy) is 3. The van der Waals surface area contributed by atoms with E-state index in [1.165, 1.54) is 0 Å². The van der Waals surface area contributed by atoms with Gasteiger partial charge < -0.3 is 19.5 Å². The third-order valence-corrected chi connectivity index (χ3v) is 3.15. The van der Waals surface area contributed by atoms with E-state index in [0.717, 1.165) is 11.3 Å². The number of fused-ring (bicyclic) bond motifs is 1. The van der Waals surface area contributed by atoms with E-state index in [0.29, 0.717) is 28.9 Å². The van der Waals surface area contributed by atoms with Gasteiger partial charge in [0.1, 0.15) is 5.15 Å². The first-order valence-corrected chi connectivity index (χ1v) is 6.46. The normalized spacial score (nSPS) is 12.3. The van der Waals surface area contributed by atoms with E-state index >= 15 is 0 Å². The average molecular weight is 293 g/mol. The summed E-state index contributed by atoms with van der Waals surface area (Å²) in [5, 5.41) is 3.72. The van der Waals surface area contributed by atoms with Crippen LogP contribution in [0.3, 0.4) is 0 Å². The molecule has 1 aromatic heterocycles. The van der Waals surface area contributed by atoms with Gasteiger partial charge in [0.15, 0.2) is 11.5 Å². The maximum atomic E-state index is 5.84. The average Bonchev–Trinajstić information content (AvgIpc) is 2.92. The van der Waals surface area contributed by atoms with Gasteiger partial charge >= 0.3 is 0 Å². The first kappa shape index (κ1) is 12.9. The standard InChI is InChI=1S/C14H13ClN2O3/c1-18-11-4-9(5-12-14(11)20-8-19-12)7-17-10-2-3-16-13(15)6-10/h2-6H,7-8H2,1H3,(H,16,17). The molecule has 0 spiro atoms. The minimum atomic E-state index is 0.225. The van der Waals surface area contributed by atoms with E-state index in [1.54, 1.807) is 19.4 Å². The number of aromatic nitrogens is 1. The zero-order valence-corrected chi connectivity index (χ0v) is 11.6. The fourth-order valence-corrected chi connectivity index (χ4v) is 2.18. The number of benzene rings is 1. The maximum Gasteiger partial charge on any atom is 0.231 e. The molecule has 0 atom stereocenters. The fourth-order valence-electron chi connectivity index (χ4n) is 2.00. The lowest BCUT2D eigenvalue weighted by molar-refractivity contribution is 0.171. The van der Waals surface area contributed by atoms with E-state index < -0.39 is 0 Å². The van der Waals surface area contributed by atoms with Crippen LogP contribution in [0.25, 0.3) is 0 Å². The van der Waals surface area contributed by atoms with Crippen molar-refractivity contribution in [2.75, 3.05) is 19.2 Å². The lowest BCUT2D eigenvalue weighted by Gasteiger charge is -2.10. The van der Waals surface area contributed by atoms with Crippen molar-refractivity contribution in [2.24, 2.45) is 0 Å². The molecule has 2 heterocycles. The Bertz CT molecular complexity index is 634. The fraction of sp³-hybridized carbons (Fsp3) is 0.214. The third-order valence-electron chi connectivity index (χ3n) is 2.94. The number of pyridine rings is 1. The number of methoxy groups -OCH3 is 1. The number of hydrogen-bond acceptors (Lipinski definition) is 5. The summed E-state index contributed by atoms with van der Waals surface area (Å²) in [7, 11) is 1.61. The van der Waals surface area contributed by atoms with E-state index in [1.807, 2.05) is 18.2 Å². The van der Waals surface area contributed by atoms with E-state index in [-0.39, 0.29) is 6.79 Å². The highest BCUT2D eigenvalue weighted by Gasteiger charge is 2.19. The molecule has 0 saturated heterocycles. The molecule has 0 aliphatic carbocycles. The molecule has 5 nitrogen and oxygen atoms in total. The van der Waals surface area contributed by atoms with Crippen LogP contribution in [-0.4, -0.2) is 18.9 Å². The lowest BCUT2D eigenvalue weighted by Crippen LogP contribution is -2.00. The number of nitrogens with one attached hydrogen (secondary N) is 1.